The van der Waals surface area contributed by atoms with Crippen molar-refractivity contribution in [3.05, 3.63) is 42.2 Å². The van der Waals surface area contributed by atoms with Crippen molar-refractivity contribution in [1.29, 1.82) is 0 Å². The average molecular weight is 355 g/mol. The van der Waals surface area contributed by atoms with Crippen LogP contribution in [-0.2, 0) is 11.2 Å². The number of carbonyl (C=O) groups is 1. The Morgan fingerprint density at radius 1 is 1.16 bits per heavy atom. The zero-order valence-electron chi connectivity index (χ0n) is 14.0. The summed E-state index contributed by atoms with van der Waals surface area (Å²) < 4.78 is 0. The largest absolute Gasteiger partial charge is 0.361 e. The van der Waals surface area contributed by atoms with Gasteiger partial charge in [-0.05, 0) is 18.1 Å². The molecule has 1 fully saturated rings. The number of benzene rings is 1. The van der Waals surface area contributed by atoms with E-state index in [4.69, 9.17) is 0 Å². The van der Waals surface area contributed by atoms with E-state index < -0.39 is 0 Å². The van der Waals surface area contributed by atoms with Gasteiger partial charge in [0.15, 0.2) is 0 Å². The normalized spacial score (nSPS) is 16.6. The van der Waals surface area contributed by atoms with Crippen LogP contribution in [-0.4, -0.2) is 53.6 Å². The van der Waals surface area contributed by atoms with E-state index in [2.05, 4.69) is 26.3 Å². The summed E-state index contributed by atoms with van der Waals surface area (Å²) in [7, 11) is 0. The van der Waals surface area contributed by atoms with E-state index in [0.29, 0.717) is 5.82 Å². The van der Waals surface area contributed by atoms with E-state index in [1.54, 1.807) is 6.33 Å². The third-order valence-corrected chi connectivity index (χ3v) is 5.54. The molecule has 4 rings (SSSR count). The molecular weight excluding hydrogens is 334 g/mol. The fraction of sp³-hybridized carbons (Fsp3) is 0.389. The van der Waals surface area contributed by atoms with Gasteiger partial charge < -0.3 is 15.1 Å². The molecule has 2 aromatic rings. The Labute approximate surface area is 151 Å². The third-order valence-electron chi connectivity index (χ3n) is 4.60. The smallest absolute Gasteiger partial charge is 0.246 e. The predicted octanol–water partition coefficient (Wildman–Crippen LogP) is 2.03. The quantitative estimate of drug-likeness (QED) is 0.906. The maximum Gasteiger partial charge on any atom is 0.246 e. The molecule has 1 aromatic carbocycles. The second kappa shape index (κ2) is 7.31. The van der Waals surface area contributed by atoms with E-state index in [-0.39, 0.29) is 12.5 Å². The van der Waals surface area contributed by atoms with Gasteiger partial charge in [-0.3, -0.25) is 4.79 Å². The highest BCUT2D eigenvalue weighted by Gasteiger charge is 2.23. The van der Waals surface area contributed by atoms with E-state index >= 15 is 0 Å². The van der Waals surface area contributed by atoms with Crippen molar-refractivity contribution < 1.29 is 4.79 Å². The van der Waals surface area contributed by atoms with Gasteiger partial charge in [0.05, 0.1) is 6.54 Å². The van der Waals surface area contributed by atoms with E-state index in [1.165, 1.54) is 5.56 Å². The maximum absolute atomic E-state index is 12.6. The first-order valence-corrected chi connectivity index (χ1v) is 9.73. The van der Waals surface area contributed by atoms with Gasteiger partial charge in [-0.2, -0.15) is 11.8 Å². The van der Waals surface area contributed by atoms with Gasteiger partial charge in [0.1, 0.15) is 18.0 Å². The number of carbonyl (C=O) groups excluding carboxylic acids is 1. The number of hydrogen-bond donors (Lipinski definition) is 1. The molecule has 25 heavy (non-hydrogen) atoms. The van der Waals surface area contributed by atoms with Crippen molar-refractivity contribution in [1.82, 2.24) is 9.97 Å². The lowest BCUT2D eigenvalue weighted by Gasteiger charge is -2.27. The van der Waals surface area contributed by atoms with Crippen LogP contribution in [0.3, 0.4) is 0 Å². The van der Waals surface area contributed by atoms with E-state index in [1.807, 2.05) is 40.9 Å². The van der Waals surface area contributed by atoms with Crippen LogP contribution in [0.4, 0.5) is 17.3 Å². The number of hydrogen-bond acceptors (Lipinski definition) is 6. The maximum atomic E-state index is 12.6. The van der Waals surface area contributed by atoms with Crippen LogP contribution in [0.2, 0.25) is 0 Å². The summed E-state index contributed by atoms with van der Waals surface area (Å²) in [6, 6.07) is 10.0. The predicted molar refractivity (Wildman–Crippen MR) is 103 cm³/mol. The molecule has 0 bridgehead atoms. The summed E-state index contributed by atoms with van der Waals surface area (Å²) in [5, 5.41) is 3.16. The minimum atomic E-state index is 0.0690. The second-order valence-corrected chi connectivity index (χ2v) is 7.36. The molecule has 7 heteroatoms. The number of anilines is 3. The molecular formula is C18H21N5OS. The Kier molecular flexibility index (Phi) is 4.74. The highest BCUT2D eigenvalue weighted by molar-refractivity contribution is 7.99. The summed E-state index contributed by atoms with van der Waals surface area (Å²) in [5.41, 5.74) is 2.27. The number of fused-ring (bicyclic) bond motifs is 1. The van der Waals surface area contributed by atoms with Gasteiger partial charge in [-0.1, -0.05) is 18.2 Å². The number of nitrogens with one attached hydrogen (secondary N) is 1. The minimum absolute atomic E-state index is 0.0690. The Morgan fingerprint density at radius 3 is 2.88 bits per heavy atom. The number of para-hydroxylation sites is 1. The second-order valence-electron chi connectivity index (χ2n) is 6.14. The number of thioether (sulfide) groups is 1. The zero-order valence-corrected chi connectivity index (χ0v) is 14.8. The van der Waals surface area contributed by atoms with Crippen molar-refractivity contribution in [2.24, 2.45) is 0 Å². The fourth-order valence-corrected chi connectivity index (χ4v) is 4.17. The molecule has 2 aliphatic rings. The third kappa shape index (κ3) is 3.56. The SMILES string of the molecule is O=C(CNc1cc(N2CCSCC2)ncn1)N1CCc2ccccc21. The van der Waals surface area contributed by atoms with Crippen molar-refractivity contribution >= 4 is 35.0 Å². The van der Waals surface area contributed by atoms with Crippen LogP contribution >= 0.6 is 11.8 Å². The first-order valence-electron chi connectivity index (χ1n) is 8.58. The Morgan fingerprint density at radius 2 is 2.00 bits per heavy atom. The molecule has 2 aliphatic heterocycles. The highest BCUT2D eigenvalue weighted by Crippen LogP contribution is 2.27. The van der Waals surface area contributed by atoms with E-state index in [0.717, 1.165) is 49.1 Å². The molecule has 0 aliphatic carbocycles. The molecule has 1 amide bonds. The highest BCUT2D eigenvalue weighted by atomic mass is 32.2. The summed E-state index contributed by atoms with van der Waals surface area (Å²) in [5.74, 6) is 3.94. The average Bonchev–Trinajstić information content (AvgIpc) is 3.11. The molecule has 0 radical (unpaired) electrons. The summed E-state index contributed by atoms with van der Waals surface area (Å²) in [6.07, 6.45) is 2.49. The van der Waals surface area contributed by atoms with Crippen LogP contribution in [0.5, 0.6) is 0 Å². The van der Waals surface area contributed by atoms with Crippen molar-refractivity contribution in [2.75, 3.05) is 52.8 Å². The molecule has 0 spiro atoms. The Balaban J connectivity index is 1.39. The van der Waals surface area contributed by atoms with Crippen LogP contribution in [0.15, 0.2) is 36.7 Å². The first-order chi connectivity index (χ1) is 12.3. The lowest BCUT2D eigenvalue weighted by Crippen LogP contribution is -2.34. The molecule has 0 unspecified atom stereocenters. The number of amides is 1. The molecule has 1 aromatic heterocycles. The number of aromatic nitrogens is 2. The van der Waals surface area contributed by atoms with Crippen LogP contribution in [0, 0.1) is 0 Å². The summed E-state index contributed by atoms with van der Waals surface area (Å²) in [4.78, 5) is 25.3. The molecule has 0 saturated carbocycles. The molecule has 1 saturated heterocycles. The first kappa shape index (κ1) is 16.2. The van der Waals surface area contributed by atoms with Crippen molar-refractivity contribution in [3.63, 3.8) is 0 Å². The van der Waals surface area contributed by atoms with Crippen LogP contribution in [0.25, 0.3) is 0 Å². The van der Waals surface area contributed by atoms with Crippen LogP contribution in [0.1, 0.15) is 5.56 Å². The number of nitrogens with zero attached hydrogens (tertiary/aromatic N) is 4. The van der Waals surface area contributed by atoms with Gasteiger partial charge in [0, 0.05) is 42.9 Å². The van der Waals surface area contributed by atoms with Gasteiger partial charge >= 0.3 is 0 Å². The molecule has 3 heterocycles. The van der Waals surface area contributed by atoms with E-state index in [9.17, 15) is 4.79 Å². The molecule has 0 atom stereocenters. The van der Waals surface area contributed by atoms with Crippen molar-refractivity contribution in [3.8, 4) is 0 Å². The standard InChI is InChI=1S/C18H21N5OS/c24-18(23-6-5-14-3-1-2-4-15(14)23)12-19-16-11-17(21-13-20-16)22-7-9-25-10-8-22/h1-4,11,13H,5-10,12H2,(H,19,20,21). The summed E-state index contributed by atoms with van der Waals surface area (Å²) in [6.45, 7) is 3.00. The number of rotatable bonds is 4. The molecule has 6 nitrogen and oxygen atoms in total. The van der Waals surface area contributed by atoms with Gasteiger partial charge in [0.2, 0.25) is 5.91 Å². The Hall–Kier alpha value is -2.28. The van der Waals surface area contributed by atoms with Crippen LogP contribution < -0.4 is 15.1 Å². The lowest BCUT2D eigenvalue weighted by molar-refractivity contribution is -0.116. The van der Waals surface area contributed by atoms with Gasteiger partial charge in [0.25, 0.3) is 0 Å². The van der Waals surface area contributed by atoms with Crippen molar-refractivity contribution in [2.45, 2.75) is 6.42 Å². The fourth-order valence-electron chi connectivity index (χ4n) is 3.27. The van der Waals surface area contributed by atoms with Gasteiger partial charge in [-0.25, -0.2) is 9.97 Å². The lowest BCUT2D eigenvalue weighted by atomic mass is 10.2. The minimum Gasteiger partial charge on any atom is -0.361 e. The monoisotopic (exact) mass is 355 g/mol. The zero-order chi connectivity index (χ0) is 17.1. The topological polar surface area (TPSA) is 61.4 Å². The molecule has 1 N–H and O–H groups in total. The van der Waals surface area contributed by atoms with Gasteiger partial charge in [-0.15, -0.1) is 0 Å². The Bertz CT molecular complexity index is 763. The molecule has 130 valence electrons. The summed E-state index contributed by atoms with van der Waals surface area (Å²) >= 11 is 1.97.